The first kappa shape index (κ1) is 23.1. The van der Waals surface area contributed by atoms with E-state index in [1.807, 2.05) is 13.8 Å². The quantitative estimate of drug-likeness (QED) is 0.359. The summed E-state index contributed by atoms with van der Waals surface area (Å²) >= 11 is 0. The Labute approximate surface area is 142 Å². The number of hydrogen-bond donors (Lipinski definition) is 2. The van der Waals surface area contributed by atoms with Gasteiger partial charge in [0.05, 0.1) is 5.60 Å². The van der Waals surface area contributed by atoms with E-state index in [1.54, 1.807) is 0 Å². The number of ether oxygens (including phenoxy) is 1. The van der Waals surface area contributed by atoms with Gasteiger partial charge < -0.3 is 19.3 Å². The topological polar surface area (TPSA) is 76.0 Å². The number of aliphatic hydroxyl groups excluding tert-OH is 1. The zero-order chi connectivity index (χ0) is 18.0. The first-order chi connectivity index (χ1) is 10.5. The van der Waals surface area contributed by atoms with Gasteiger partial charge in [-0.1, -0.05) is 20.3 Å². The molecule has 0 aromatic rings. The van der Waals surface area contributed by atoms with Crippen LogP contribution in [0.5, 0.6) is 0 Å². The highest BCUT2D eigenvalue weighted by atomic mass is 31.2. The Morgan fingerprint density at radius 1 is 0.913 bits per heavy atom. The molecule has 0 aliphatic carbocycles. The minimum absolute atomic E-state index is 0.214. The fourth-order valence-corrected chi connectivity index (χ4v) is 3.60. The predicted octanol–water partition coefficient (Wildman–Crippen LogP) is 4.36. The van der Waals surface area contributed by atoms with E-state index in [-0.39, 0.29) is 12.0 Å². The van der Waals surface area contributed by atoms with Crippen molar-refractivity contribution in [2.24, 2.45) is 5.41 Å². The zero-order valence-corrected chi connectivity index (χ0v) is 16.5. The van der Waals surface area contributed by atoms with Crippen LogP contribution in [0.15, 0.2) is 0 Å². The number of rotatable bonds is 14. The predicted molar refractivity (Wildman–Crippen MR) is 94.9 cm³/mol. The van der Waals surface area contributed by atoms with E-state index in [9.17, 15) is 9.46 Å². The summed E-state index contributed by atoms with van der Waals surface area (Å²) < 4.78 is 22.1. The Bertz CT molecular complexity index is 349. The summed E-state index contributed by atoms with van der Waals surface area (Å²) in [6, 6.07) is 0. The van der Waals surface area contributed by atoms with Crippen molar-refractivity contribution in [3.05, 3.63) is 0 Å². The number of unbranched alkanes of at least 4 members (excludes halogenated alkanes) is 2. The van der Waals surface area contributed by atoms with Crippen molar-refractivity contribution in [1.82, 2.24) is 0 Å². The molecular weight excluding hydrogens is 315 g/mol. The van der Waals surface area contributed by atoms with E-state index in [0.717, 1.165) is 58.2 Å². The summed E-state index contributed by atoms with van der Waals surface area (Å²) in [4.78, 5) is 9.26. The Kier molecular flexibility index (Phi) is 10.9. The minimum atomic E-state index is -3.43. The molecule has 0 radical (unpaired) electrons. The second-order valence-electron chi connectivity index (χ2n) is 7.82. The summed E-state index contributed by atoms with van der Waals surface area (Å²) in [5.74, 6) is 0. The van der Waals surface area contributed by atoms with E-state index in [0.29, 0.717) is 0 Å². The van der Waals surface area contributed by atoms with Crippen LogP contribution in [0.25, 0.3) is 0 Å². The van der Waals surface area contributed by atoms with Gasteiger partial charge in [0.15, 0.2) is 0 Å². The number of hydrogen-bond acceptors (Lipinski definition) is 4. The summed E-state index contributed by atoms with van der Waals surface area (Å²) in [6.07, 6.45) is 6.72. The smallest absolute Gasteiger partial charge is 0.325 e. The van der Waals surface area contributed by atoms with Crippen LogP contribution in [0.2, 0.25) is 0 Å². The molecule has 5 nitrogen and oxygen atoms in total. The third-order valence-corrected chi connectivity index (χ3v) is 4.75. The highest BCUT2D eigenvalue weighted by molar-refractivity contribution is 7.51. The van der Waals surface area contributed by atoms with Crippen LogP contribution in [0, 0.1) is 5.41 Å². The molecule has 0 aromatic carbocycles. The average Bonchev–Trinajstić information content (AvgIpc) is 2.33. The van der Waals surface area contributed by atoms with Crippen LogP contribution >= 0.6 is 7.60 Å². The molecule has 0 aromatic heterocycles. The van der Waals surface area contributed by atoms with Gasteiger partial charge >= 0.3 is 7.60 Å². The van der Waals surface area contributed by atoms with Crippen molar-refractivity contribution in [3.63, 3.8) is 0 Å². The second-order valence-corrected chi connectivity index (χ2v) is 9.61. The Balaban J connectivity index is 3.55. The number of aliphatic hydroxyl groups is 1. The first-order valence-electron chi connectivity index (χ1n) is 8.67. The first-order valence-corrected chi connectivity index (χ1v) is 10.7. The van der Waals surface area contributed by atoms with Crippen molar-refractivity contribution in [3.8, 4) is 0 Å². The monoisotopic (exact) mass is 352 g/mol. The van der Waals surface area contributed by atoms with Gasteiger partial charge in [0.25, 0.3) is 0 Å². The fraction of sp³-hybridized carbons (Fsp3) is 1.00. The standard InChI is InChI=1S/C17H37O5P/c1-16(2,12-13-18)10-6-8-14-21-15-9-7-11-17(3,4)22-23(5,19)20/h18H,6-15H2,1-5H3,(H,19,20). The second kappa shape index (κ2) is 10.8. The average molecular weight is 352 g/mol. The zero-order valence-electron chi connectivity index (χ0n) is 15.6. The largest absolute Gasteiger partial charge is 0.396 e. The lowest BCUT2D eigenvalue weighted by molar-refractivity contribution is 0.0758. The van der Waals surface area contributed by atoms with Gasteiger partial charge in [0.1, 0.15) is 0 Å². The molecule has 1 unspecified atom stereocenters. The Morgan fingerprint density at radius 2 is 1.43 bits per heavy atom. The van der Waals surface area contributed by atoms with Crippen LogP contribution in [-0.2, 0) is 13.8 Å². The van der Waals surface area contributed by atoms with Gasteiger partial charge in [-0.15, -0.1) is 0 Å². The molecule has 0 fully saturated rings. The van der Waals surface area contributed by atoms with Crippen molar-refractivity contribution in [2.75, 3.05) is 26.5 Å². The molecule has 0 aliphatic heterocycles. The maximum atomic E-state index is 11.3. The van der Waals surface area contributed by atoms with Gasteiger partial charge in [-0.3, -0.25) is 4.57 Å². The molecule has 23 heavy (non-hydrogen) atoms. The van der Waals surface area contributed by atoms with Gasteiger partial charge in [0, 0.05) is 26.5 Å². The van der Waals surface area contributed by atoms with E-state index in [1.165, 1.54) is 6.66 Å². The van der Waals surface area contributed by atoms with E-state index in [2.05, 4.69) is 13.8 Å². The molecule has 0 spiro atoms. The molecule has 0 rings (SSSR count). The maximum Gasteiger partial charge on any atom is 0.325 e. The molecule has 0 aliphatic rings. The summed E-state index contributed by atoms with van der Waals surface area (Å²) in [7, 11) is -3.43. The molecule has 0 amide bonds. The van der Waals surface area contributed by atoms with Crippen molar-refractivity contribution in [2.45, 2.75) is 78.2 Å². The lowest BCUT2D eigenvalue weighted by Gasteiger charge is -2.26. The van der Waals surface area contributed by atoms with Crippen LogP contribution in [-0.4, -0.2) is 42.1 Å². The molecule has 6 heteroatoms. The maximum absolute atomic E-state index is 11.3. The molecular formula is C17H37O5P. The Hall–Kier alpha value is 0.0700. The Morgan fingerprint density at radius 3 is 1.91 bits per heavy atom. The molecule has 0 bridgehead atoms. The van der Waals surface area contributed by atoms with E-state index < -0.39 is 13.2 Å². The van der Waals surface area contributed by atoms with Crippen LogP contribution in [0.4, 0.5) is 0 Å². The molecule has 0 saturated carbocycles. The van der Waals surface area contributed by atoms with Crippen molar-refractivity contribution < 1.29 is 23.8 Å². The van der Waals surface area contributed by atoms with E-state index >= 15 is 0 Å². The van der Waals surface area contributed by atoms with Crippen LogP contribution < -0.4 is 0 Å². The van der Waals surface area contributed by atoms with Gasteiger partial charge in [0.2, 0.25) is 0 Å². The third kappa shape index (κ3) is 15.3. The SMILES string of the molecule is CC(C)(CCO)CCCCOCCCCC(C)(C)OP(C)(=O)O. The minimum Gasteiger partial charge on any atom is -0.396 e. The summed E-state index contributed by atoms with van der Waals surface area (Å²) in [6.45, 7) is 11.0. The van der Waals surface area contributed by atoms with Crippen LogP contribution in [0.3, 0.4) is 0 Å². The molecule has 140 valence electrons. The normalized spacial score (nSPS) is 15.6. The highest BCUT2D eigenvalue weighted by Crippen LogP contribution is 2.43. The van der Waals surface area contributed by atoms with E-state index in [4.69, 9.17) is 14.4 Å². The van der Waals surface area contributed by atoms with Crippen molar-refractivity contribution in [1.29, 1.82) is 0 Å². The lowest BCUT2D eigenvalue weighted by atomic mass is 9.84. The van der Waals surface area contributed by atoms with Crippen LogP contribution in [0.1, 0.15) is 72.6 Å². The molecule has 0 heterocycles. The highest BCUT2D eigenvalue weighted by Gasteiger charge is 2.26. The fourth-order valence-electron chi connectivity index (χ4n) is 2.60. The molecule has 0 saturated heterocycles. The van der Waals surface area contributed by atoms with Gasteiger partial charge in [-0.2, -0.15) is 0 Å². The lowest BCUT2D eigenvalue weighted by Crippen LogP contribution is -2.22. The summed E-state index contributed by atoms with van der Waals surface area (Å²) in [5, 5.41) is 8.98. The molecule has 2 N–H and O–H groups in total. The summed E-state index contributed by atoms with van der Waals surface area (Å²) in [5.41, 5.74) is -0.358. The van der Waals surface area contributed by atoms with Gasteiger partial charge in [-0.25, -0.2) is 0 Å². The van der Waals surface area contributed by atoms with Crippen molar-refractivity contribution >= 4 is 7.60 Å². The van der Waals surface area contributed by atoms with Gasteiger partial charge in [-0.05, 0) is 57.8 Å². The molecule has 1 atom stereocenters. The third-order valence-electron chi connectivity index (χ3n) is 3.91.